The Hall–Kier alpha value is -2.53. The number of carbonyl (C=O) groups excluding carboxylic acids is 1. The molecule has 0 bridgehead atoms. The molecule has 0 aliphatic rings. The number of Topliss-reactive ketones (excluding diaryl/α,β-unsaturated/α-hetero) is 1. The number of halogens is 1. The Balaban J connectivity index is 2.08. The summed E-state index contributed by atoms with van der Waals surface area (Å²) in [5.41, 5.74) is 0.109. The van der Waals surface area contributed by atoms with Crippen molar-refractivity contribution in [2.75, 3.05) is 0 Å². The first kappa shape index (κ1) is 19.2. The average molecular weight is 426 g/mol. The van der Waals surface area contributed by atoms with Gasteiger partial charge >= 0.3 is 0 Å². The predicted octanol–water partition coefficient (Wildman–Crippen LogP) is 6.01. The fourth-order valence-electron chi connectivity index (χ4n) is 3.36. The van der Waals surface area contributed by atoms with E-state index in [-0.39, 0.29) is 17.1 Å². The van der Waals surface area contributed by atoms with E-state index in [0.29, 0.717) is 5.56 Å². The fourth-order valence-corrected chi connectivity index (χ4v) is 3.63. The normalized spacial score (nSPS) is 12.7. The van der Waals surface area contributed by atoms with Gasteiger partial charge in [0.2, 0.25) is 5.54 Å². The number of nitro groups is 1. The summed E-state index contributed by atoms with van der Waals surface area (Å²) in [5.74, 6) is -0.648. The molecule has 138 valence electrons. The molecule has 4 nitrogen and oxygen atoms in total. The average Bonchev–Trinajstić information content (AvgIpc) is 2.66. The molecule has 0 N–H and O–H groups in total. The van der Waals surface area contributed by atoms with Gasteiger partial charge < -0.3 is 0 Å². The lowest BCUT2D eigenvalue weighted by Crippen LogP contribution is -2.39. The molecule has 1 unspecified atom stereocenters. The molecule has 0 aliphatic carbocycles. The van der Waals surface area contributed by atoms with Crippen LogP contribution >= 0.6 is 15.9 Å². The number of hydrogen-bond donors (Lipinski definition) is 0. The van der Waals surface area contributed by atoms with E-state index in [1.165, 1.54) is 0 Å². The summed E-state index contributed by atoms with van der Waals surface area (Å²) in [6.45, 7) is 3.18. The summed E-state index contributed by atoms with van der Waals surface area (Å²) in [6.07, 6.45) is 0.0730. The van der Waals surface area contributed by atoms with Crippen LogP contribution in [0.1, 0.15) is 42.1 Å². The number of benzene rings is 3. The van der Waals surface area contributed by atoms with Crippen molar-refractivity contribution < 1.29 is 9.72 Å². The molecular formula is C22H20BrNO3. The van der Waals surface area contributed by atoms with Gasteiger partial charge in [0.1, 0.15) is 0 Å². The van der Waals surface area contributed by atoms with Crippen LogP contribution in [0, 0.1) is 10.1 Å². The summed E-state index contributed by atoms with van der Waals surface area (Å²) in [7, 11) is 0. The molecule has 0 saturated carbocycles. The first-order valence-electron chi connectivity index (χ1n) is 8.71. The second-order valence-corrected chi connectivity index (χ2v) is 8.08. The van der Waals surface area contributed by atoms with E-state index in [4.69, 9.17) is 0 Å². The van der Waals surface area contributed by atoms with Crippen LogP contribution in [0.3, 0.4) is 0 Å². The summed E-state index contributed by atoms with van der Waals surface area (Å²) >= 11 is 3.36. The van der Waals surface area contributed by atoms with Crippen molar-refractivity contribution in [2.24, 2.45) is 0 Å². The molecule has 0 aromatic heterocycles. The zero-order chi connectivity index (χ0) is 19.6. The third kappa shape index (κ3) is 3.93. The molecule has 3 aromatic rings. The molecule has 0 spiro atoms. The van der Waals surface area contributed by atoms with Crippen LogP contribution in [-0.4, -0.2) is 16.2 Å². The highest BCUT2D eigenvalue weighted by Crippen LogP contribution is 2.38. The van der Waals surface area contributed by atoms with Crippen LogP contribution < -0.4 is 0 Å². The maximum Gasteiger partial charge on any atom is 0.224 e. The Morgan fingerprint density at radius 1 is 1.04 bits per heavy atom. The Kier molecular flexibility index (Phi) is 5.42. The topological polar surface area (TPSA) is 60.2 Å². The second kappa shape index (κ2) is 7.61. The van der Waals surface area contributed by atoms with Gasteiger partial charge in [0.05, 0.1) is 5.92 Å². The molecule has 1 atom stereocenters. The first-order chi connectivity index (χ1) is 12.8. The van der Waals surface area contributed by atoms with E-state index in [1.807, 2.05) is 42.5 Å². The van der Waals surface area contributed by atoms with Gasteiger partial charge in [0, 0.05) is 35.2 Å². The highest BCUT2D eigenvalue weighted by molar-refractivity contribution is 9.10. The van der Waals surface area contributed by atoms with E-state index in [9.17, 15) is 14.9 Å². The molecule has 3 rings (SSSR count). The fraction of sp³-hybridized carbons (Fsp3) is 0.227. The van der Waals surface area contributed by atoms with Gasteiger partial charge in [-0.1, -0.05) is 70.5 Å². The van der Waals surface area contributed by atoms with Crippen molar-refractivity contribution in [1.82, 2.24) is 0 Å². The number of nitrogens with zero attached hydrogens (tertiary/aromatic N) is 1. The van der Waals surface area contributed by atoms with Crippen LogP contribution in [0.4, 0.5) is 0 Å². The number of ketones is 1. The van der Waals surface area contributed by atoms with Gasteiger partial charge in [0.25, 0.3) is 0 Å². The van der Waals surface area contributed by atoms with Crippen molar-refractivity contribution in [3.63, 3.8) is 0 Å². The minimum absolute atomic E-state index is 0.0730. The number of fused-ring (bicyclic) bond motifs is 1. The van der Waals surface area contributed by atoms with Crippen molar-refractivity contribution in [3.05, 3.63) is 92.4 Å². The third-order valence-corrected chi connectivity index (χ3v) is 5.61. The van der Waals surface area contributed by atoms with Gasteiger partial charge in [-0.25, -0.2) is 0 Å². The molecule has 5 heteroatoms. The molecule has 0 radical (unpaired) electrons. The molecule has 0 fully saturated rings. The Bertz CT molecular complexity index is 991. The highest BCUT2D eigenvalue weighted by Gasteiger charge is 2.43. The minimum atomic E-state index is -1.28. The van der Waals surface area contributed by atoms with Gasteiger partial charge in [-0.15, -0.1) is 0 Å². The minimum Gasteiger partial charge on any atom is -0.294 e. The summed E-state index contributed by atoms with van der Waals surface area (Å²) < 4.78 is 0.885. The largest absolute Gasteiger partial charge is 0.294 e. The SMILES string of the molecule is CC(C)(C(CC(=O)c1ccc(Br)cc1)c1cccc2ccccc12)[N+](=O)[O-]. The monoisotopic (exact) mass is 425 g/mol. The number of carbonyl (C=O) groups is 1. The van der Waals surface area contributed by atoms with Crippen LogP contribution in [0.25, 0.3) is 10.8 Å². The maximum atomic E-state index is 12.9. The van der Waals surface area contributed by atoms with Crippen LogP contribution in [0.15, 0.2) is 71.2 Å². The van der Waals surface area contributed by atoms with Gasteiger partial charge in [-0.3, -0.25) is 14.9 Å². The highest BCUT2D eigenvalue weighted by atomic mass is 79.9. The van der Waals surface area contributed by atoms with Crippen LogP contribution in [0.5, 0.6) is 0 Å². The number of rotatable bonds is 6. The lowest BCUT2D eigenvalue weighted by molar-refractivity contribution is -0.565. The standard InChI is InChI=1S/C22H20BrNO3/c1-22(2,24(26)27)20(14-21(25)16-10-12-17(23)13-11-16)19-9-5-7-15-6-3-4-8-18(15)19/h3-13,20H,14H2,1-2H3. The smallest absolute Gasteiger partial charge is 0.224 e. The van der Waals surface area contributed by atoms with E-state index >= 15 is 0 Å². The quantitative estimate of drug-likeness (QED) is 0.275. The van der Waals surface area contributed by atoms with E-state index in [2.05, 4.69) is 15.9 Å². The molecule has 0 saturated heterocycles. The Morgan fingerprint density at radius 3 is 2.33 bits per heavy atom. The molecule has 3 aromatic carbocycles. The Morgan fingerprint density at radius 2 is 1.67 bits per heavy atom. The van der Waals surface area contributed by atoms with Gasteiger partial charge in [0.15, 0.2) is 5.78 Å². The second-order valence-electron chi connectivity index (χ2n) is 7.17. The molecule has 0 heterocycles. The number of hydrogen-bond acceptors (Lipinski definition) is 3. The zero-order valence-electron chi connectivity index (χ0n) is 15.2. The van der Waals surface area contributed by atoms with Crippen molar-refractivity contribution >= 4 is 32.5 Å². The van der Waals surface area contributed by atoms with Gasteiger partial charge in [-0.2, -0.15) is 0 Å². The summed E-state index contributed by atoms with van der Waals surface area (Å²) in [6, 6.07) is 20.6. The molecule has 27 heavy (non-hydrogen) atoms. The van der Waals surface area contributed by atoms with Crippen LogP contribution in [-0.2, 0) is 0 Å². The van der Waals surface area contributed by atoms with Crippen LogP contribution in [0.2, 0.25) is 0 Å². The molecule has 0 amide bonds. The zero-order valence-corrected chi connectivity index (χ0v) is 16.8. The van der Waals surface area contributed by atoms with Crippen molar-refractivity contribution in [1.29, 1.82) is 0 Å². The maximum absolute atomic E-state index is 12.9. The van der Waals surface area contributed by atoms with Crippen molar-refractivity contribution in [2.45, 2.75) is 31.7 Å². The van der Waals surface area contributed by atoms with Crippen molar-refractivity contribution in [3.8, 4) is 0 Å². The van der Waals surface area contributed by atoms with Gasteiger partial charge in [-0.05, 0) is 28.5 Å². The first-order valence-corrected chi connectivity index (χ1v) is 9.51. The lowest BCUT2D eigenvalue weighted by Gasteiger charge is -2.28. The predicted molar refractivity (Wildman–Crippen MR) is 111 cm³/mol. The summed E-state index contributed by atoms with van der Waals surface area (Å²) in [4.78, 5) is 24.4. The van der Waals surface area contributed by atoms with E-state index in [1.54, 1.807) is 38.1 Å². The lowest BCUT2D eigenvalue weighted by atomic mass is 9.76. The molecular weight excluding hydrogens is 406 g/mol. The Labute approximate surface area is 166 Å². The van der Waals surface area contributed by atoms with E-state index in [0.717, 1.165) is 20.8 Å². The molecule has 0 aliphatic heterocycles. The van der Waals surface area contributed by atoms with E-state index < -0.39 is 11.5 Å². The third-order valence-electron chi connectivity index (χ3n) is 5.08. The summed E-state index contributed by atoms with van der Waals surface area (Å²) in [5, 5.41) is 13.8.